The normalized spacial score (nSPS) is 9.78. The van der Waals surface area contributed by atoms with Gasteiger partial charge in [-0.15, -0.1) is 0 Å². The van der Waals surface area contributed by atoms with E-state index < -0.39 is 15.1 Å². The van der Waals surface area contributed by atoms with Gasteiger partial charge in [0.05, 0.1) is 65.8 Å². The number of amides is 2. The predicted octanol–water partition coefficient (Wildman–Crippen LogP) is 16.6. The van der Waals surface area contributed by atoms with Crippen molar-refractivity contribution in [2.75, 3.05) is 66.7 Å². The van der Waals surface area contributed by atoms with Crippen molar-refractivity contribution >= 4 is 131 Å². The van der Waals surface area contributed by atoms with Crippen LogP contribution in [-0.4, -0.2) is 119 Å². The molecular weight excluding hydrogens is 1490 g/mol. The van der Waals surface area contributed by atoms with Gasteiger partial charge in [-0.2, -0.15) is 9.97 Å². The molecule has 3 aromatic heterocycles. The summed E-state index contributed by atoms with van der Waals surface area (Å²) in [6.45, 7) is 19.0. The van der Waals surface area contributed by atoms with Crippen molar-refractivity contribution in [3.8, 4) is 46.3 Å². The fraction of sp³-hybridized carbons (Fsp3) is 0.356. The Kier molecular flexibility index (Phi) is 43.2. The Morgan fingerprint density at radius 1 is 0.670 bits per heavy atom. The molecule has 7 aromatic rings. The Labute approximate surface area is 573 Å². The van der Waals surface area contributed by atoms with Crippen LogP contribution < -0.4 is 50.1 Å². The summed E-state index contributed by atoms with van der Waals surface area (Å²) in [6.07, 6.45) is 6.70. The monoisotopic (exact) mass is 1560 g/mol. The summed E-state index contributed by atoms with van der Waals surface area (Å²) >= 11 is 25.5. The van der Waals surface area contributed by atoms with Gasteiger partial charge in [-0.1, -0.05) is 63.6 Å². The summed E-state index contributed by atoms with van der Waals surface area (Å²) in [5, 5.41) is 17.8. The average Bonchev–Trinajstić information content (AvgIpc) is 1.69. The number of hydrogen-bond acceptors (Lipinski definition) is 18. The third-order valence-electron chi connectivity index (χ3n) is 11.0. The van der Waals surface area contributed by atoms with E-state index in [9.17, 15) is 9.59 Å². The zero-order chi connectivity index (χ0) is 65.8. The van der Waals surface area contributed by atoms with Crippen molar-refractivity contribution in [2.24, 2.45) is 0 Å². The van der Waals surface area contributed by atoms with Crippen molar-refractivity contribution < 1.29 is 58.3 Å². The summed E-state index contributed by atoms with van der Waals surface area (Å²) in [7, 11) is 19.4. The van der Waals surface area contributed by atoms with Crippen LogP contribution >= 0.6 is 102 Å². The Morgan fingerprint density at radius 3 is 1.65 bits per heavy atom. The van der Waals surface area contributed by atoms with E-state index in [2.05, 4.69) is 140 Å². The third kappa shape index (κ3) is 30.0. The number of carbonyl (C=O) groups excluding carboxylic acids is 2. The second-order valence-electron chi connectivity index (χ2n) is 17.7. The molecule has 0 bridgehead atoms. The second-order valence-corrected chi connectivity index (χ2v) is 26.0. The van der Waals surface area contributed by atoms with Gasteiger partial charge in [-0.25, -0.2) is 19.9 Å². The first kappa shape index (κ1) is 82.7. The summed E-state index contributed by atoms with van der Waals surface area (Å²) in [5.41, 5.74) is 9.77. The van der Waals surface area contributed by atoms with E-state index in [-0.39, 0.29) is 41.4 Å². The number of nitrogens with zero attached hydrogens (tertiary/aromatic N) is 7. The Bertz CT molecular complexity index is 3200. The SMILES string of the molecule is C.CCCCOc1nc(Nc2cc(C)c(OC)c(OC)c2)ncc1Br.CCN(C(C)C)C(C)C.CNC(=O)c1ccccc1O.CNC(=O)c1ccccc1Oc1nc(Cl)ncc1Br.COc1cc(N)cc(C)c1OC.Clc1ncc(Br)c(Cl)n1.[Cl][Zn][Cl]. The molecule has 0 atom stereocenters. The van der Waals surface area contributed by atoms with Gasteiger partial charge in [-0.3, -0.25) is 14.5 Å². The molecule has 0 aliphatic carbocycles. The van der Waals surface area contributed by atoms with E-state index in [0.29, 0.717) is 84.4 Å². The van der Waals surface area contributed by atoms with Crippen molar-refractivity contribution in [3.63, 3.8) is 0 Å². The first-order valence-electron chi connectivity index (χ1n) is 26.4. The number of ether oxygens (including phenoxy) is 6. The number of aryl methyl sites for hydroxylation is 2. The number of carbonyl (C=O) groups is 2. The van der Waals surface area contributed by atoms with Crippen molar-refractivity contribution in [3.05, 3.63) is 143 Å². The van der Waals surface area contributed by atoms with Crippen LogP contribution in [0.2, 0.25) is 15.7 Å². The van der Waals surface area contributed by atoms with Crippen LogP contribution in [0.3, 0.4) is 0 Å². The Morgan fingerprint density at radius 2 is 1.16 bits per heavy atom. The number of nitrogens with two attached hydrogens (primary N) is 1. The molecule has 0 spiro atoms. The van der Waals surface area contributed by atoms with Crippen molar-refractivity contribution in [2.45, 2.75) is 87.7 Å². The van der Waals surface area contributed by atoms with Gasteiger partial charge in [0.2, 0.25) is 28.3 Å². The number of phenols is 1. The molecule has 20 nitrogen and oxygen atoms in total. The summed E-state index contributed by atoms with van der Waals surface area (Å²) in [6, 6.07) is 22.0. The molecule has 0 aliphatic rings. The number of aromatic nitrogens is 6. The van der Waals surface area contributed by atoms with Crippen molar-refractivity contribution in [1.29, 1.82) is 0 Å². The zero-order valence-electron chi connectivity index (χ0n) is 50.8. The summed E-state index contributed by atoms with van der Waals surface area (Å²) in [4.78, 5) is 48.9. The molecule has 0 radical (unpaired) electrons. The van der Waals surface area contributed by atoms with Gasteiger partial charge in [-0.05, 0) is 173 Å². The van der Waals surface area contributed by atoms with Crippen LogP contribution in [0.25, 0.3) is 0 Å². The van der Waals surface area contributed by atoms with Gasteiger partial charge >= 0.3 is 34.5 Å². The second kappa shape index (κ2) is 45.9. The molecule has 0 saturated heterocycles. The van der Waals surface area contributed by atoms with Crippen LogP contribution in [0.1, 0.15) is 93.7 Å². The van der Waals surface area contributed by atoms with Crippen LogP contribution in [0.5, 0.6) is 46.3 Å². The van der Waals surface area contributed by atoms with Crippen LogP contribution in [0.15, 0.2) is 105 Å². The summed E-state index contributed by atoms with van der Waals surface area (Å²) in [5.74, 6) is 3.88. The average molecular weight is 1570 g/mol. The number of para-hydroxylation sites is 2. The molecule has 480 valence electrons. The standard InChI is InChI=1S/C17H22BrN3O3.C12H9BrClN3O2.C9H13NO2.C8H9NO2.C8H19N.C4HBrCl2N2.CH4.2ClH.Zn/c1-5-6-7-24-16-13(18)10-19-17(21-16)20-12-8-11(2)15(23-4)14(9-12)22-3;1-15-10(18)7-4-2-3-5-9(7)19-11-8(13)6-16-12(14)17-11;1-6-4-7(10)5-8(11-2)9(6)12-3;1-9-8(11)6-4-2-3-5-7(6)10;1-6-9(7(2)3)8(4)5;5-2-1-8-4(7)9-3(2)6;;;;/h8-10H,5-7H2,1-4H3,(H,19,20,21);2-6H,1H3,(H,15,18);4-5H,10H2,1-3H3;2-5,10H,1H3,(H,9,11);7-8H,6H2,1-5H3;1H;1H4;2*1H;/q;;;;;;;;;+2/p-2. The first-order chi connectivity index (χ1) is 41.3. The molecule has 29 heteroatoms. The van der Waals surface area contributed by atoms with Crippen LogP contribution in [0, 0.1) is 13.8 Å². The molecule has 0 unspecified atom stereocenters. The van der Waals surface area contributed by atoms with Gasteiger partial charge in [0.1, 0.15) is 16.7 Å². The van der Waals surface area contributed by atoms with E-state index in [1.165, 1.54) is 25.5 Å². The number of nitrogen functional groups attached to an aromatic ring is 1. The van der Waals surface area contributed by atoms with E-state index in [1.54, 1.807) is 90.2 Å². The summed E-state index contributed by atoms with van der Waals surface area (Å²) < 4.78 is 34.2. The molecular formula is C59H77Br3Cl5N11O9Zn. The van der Waals surface area contributed by atoms with Gasteiger partial charge in [0.15, 0.2) is 23.0 Å². The zero-order valence-corrected chi connectivity index (χ0v) is 62.3. The van der Waals surface area contributed by atoms with Gasteiger partial charge in [0.25, 0.3) is 11.8 Å². The Hall–Kier alpha value is -5.27. The van der Waals surface area contributed by atoms with Gasteiger partial charge < -0.3 is 55.2 Å². The van der Waals surface area contributed by atoms with E-state index in [0.717, 1.165) is 46.4 Å². The predicted molar refractivity (Wildman–Crippen MR) is 363 cm³/mol. The maximum atomic E-state index is 11.7. The Balaban J connectivity index is 0.00000106. The van der Waals surface area contributed by atoms with E-state index in [4.69, 9.17) is 93.4 Å². The van der Waals surface area contributed by atoms with Crippen LogP contribution in [-0.2, 0) is 15.1 Å². The molecule has 0 saturated carbocycles. The number of aromatic hydroxyl groups is 1. The number of nitrogens with one attached hydrogen (secondary N) is 3. The molecule has 4 aromatic carbocycles. The van der Waals surface area contributed by atoms with Crippen molar-refractivity contribution in [1.82, 2.24) is 45.4 Å². The number of benzene rings is 4. The fourth-order valence-corrected chi connectivity index (χ4v) is 8.40. The number of anilines is 3. The minimum atomic E-state index is -0.931. The third-order valence-corrected chi connectivity index (χ3v) is 13.6. The molecule has 0 fully saturated rings. The molecule has 2 amide bonds. The quantitative estimate of drug-likeness (QED) is 0.0187. The number of phenolic OH excluding ortho intramolecular Hbond substituents is 1. The minimum absolute atomic E-state index is 0. The van der Waals surface area contributed by atoms with Crippen LogP contribution in [0.4, 0.5) is 17.3 Å². The topological polar surface area (TPSA) is 252 Å². The van der Waals surface area contributed by atoms with E-state index in [1.807, 2.05) is 32.0 Å². The number of hydrogen-bond donors (Lipinski definition) is 5. The molecule has 6 N–H and O–H groups in total. The molecule has 0 aliphatic heterocycles. The molecule has 7 rings (SSSR count). The van der Waals surface area contributed by atoms with Gasteiger partial charge in [0, 0.05) is 62.1 Å². The molecule has 3 heterocycles. The number of rotatable bonds is 17. The number of methoxy groups -OCH3 is 4. The van der Waals surface area contributed by atoms with E-state index >= 15 is 0 Å². The maximum absolute atomic E-state index is 11.7. The first-order valence-corrected chi connectivity index (χ1v) is 37.7. The number of halogens is 8. The fourth-order valence-electron chi connectivity index (χ4n) is 7.20. The molecule has 88 heavy (non-hydrogen) atoms. The number of unbranched alkanes of at least 4 members (excludes halogenated alkanes) is 1.